The standard InChI is InChI=1S/C11H19N3/c1-3-4-9-5-10(9)14-7-13-6-11(14)8(2)12/h6-10H,3-5,12H2,1-2H3. The van der Waals surface area contributed by atoms with E-state index in [0.29, 0.717) is 6.04 Å². The van der Waals surface area contributed by atoms with Crippen molar-refractivity contribution < 1.29 is 0 Å². The molecule has 0 bridgehead atoms. The van der Waals surface area contributed by atoms with Gasteiger partial charge in [-0.05, 0) is 25.7 Å². The van der Waals surface area contributed by atoms with Gasteiger partial charge in [0, 0.05) is 18.3 Å². The van der Waals surface area contributed by atoms with Gasteiger partial charge in [-0.15, -0.1) is 0 Å². The Labute approximate surface area is 85.3 Å². The highest BCUT2D eigenvalue weighted by Gasteiger charge is 2.38. The van der Waals surface area contributed by atoms with Crippen LogP contribution in [0.2, 0.25) is 0 Å². The van der Waals surface area contributed by atoms with Crippen LogP contribution in [-0.4, -0.2) is 9.55 Å². The molecule has 0 amide bonds. The summed E-state index contributed by atoms with van der Waals surface area (Å²) in [5, 5.41) is 0. The molecule has 78 valence electrons. The van der Waals surface area contributed by atoms with E-state index in [9.17, 15) is 0 Å². The van der Waals surface area contributed by atoms with Crippen LogP contribution in [0.5, 0.6) is 0 Å². The maximum atomic E-state index is 5.88. The van der Waals surface area contributed by atoms with Crippen molar-refractivity contribution in [3.05, 3.63) is 18.2 Å². The molecule has 3 unspecified atom stereocenters. The average molecular weight is 193 g/mol. The summed E-state index contributed by atoms with van der Waals surface area (Å²) < 4.78 is 2.27. The molecule has 0 aliphatic heterocycles. The van der Waals surface area contributed by atoms with Crippen LogP contribution >= 0.6 is 0 Å². The van der Waals surface area contributed by atoms with Crippen molar-refractivity contribution in [3.63, 3.8) is 0 Å². The van der Waals surface area contributed by atoms with Crippen LogP contribution in [-0.2, 0) is 0 Å². The Balaban J connectivity index is 2.07. The summed E-state index contributed by atoms with van der Waals surface area (Å²) >= 11 is 0. The maximum Gasteiger partial charge on any atom is 0.0951 e. The molecular formula is C11H19N3. The number of nitrogens with two attached hydrogens (primary N) is 1. The molecular weight excluding hydrogens is 174 g/mol. The summed E-state index contributed by atoms with van der Waals surface area (Å²) in [4.78, 5) is 4.18. The van der Waals surface area contributed by atoms with E-state index in [1.54, 1.807) is 0 Å². The molecule has 1 heterocycles. The number of aromatic nitrogens is 2. The molecule has 1 fully saturated rings. The van der Waals surface area contributed by atoms with Crippen LogP contribution in [0.4, 0.5) is 0 Å². The number of hydrogen-bond donors (Lipinski definition) is 1. The zero-order valence-corrected chi connectivity index (χ0v) is 8.98. The molecule has 0 saturated heterocycles. The third-order valence-electron chi connectivity index (χ3n) is 3.06. The molecule has 3 atom stereocenters. The van der Waals surface area contributed by atoms with Gasteiger partial charge >= 0.3 is 0 Å². The first-order valence-corrected chi connectivity index (χ1v) is 5.51. The van der Waals surface area contributed by atoms with Crippen molar-refractivity contribution in [3.8, 4) is 0 Å². The monoisotopic (exact) mass is 193 g/mol. The Hall–Kier alpha value is -0.830. The Kier molecular flexibility index (Phi) is 2.59. The molecule has 0 aromatic carbocycles. The Morgan fingerprint density at radius 1 is 1.71 bits per heavy atom. The van der Waals surface area contributed by atoms with Crippen LogP contribution < -0.4 is 5.73 Å². The Morgan fingerprint density at radius 3 is 3.14 bits per heavy atom. The third-order valence-corrected chi connectivity index (χ3v) is 3.06. The lowest BCUT2D eigenvalue weighted by Crippen LogP contribution is -2.11. The van der Waals surface area contributed by atoms with Gasteiger partial charge < -0.3 is 10.3 Å². The normalized spacial score (nSPS) is 27.6. The van der Waals surface area contributed by atoms with Gasteiger partial charge in [0.15, 0.2) is 0 Å². The molecule has 14 heavy (non-hydrogen) atoms. The second-order valence-corrected chi connectivity index (χ2v) is 4.37. The fourth-order valence-electron chi connectivity index (χ4n) is 2.20. The van der Waals surface area contributed by atoms with Crippen LogP contribution in [0.3, 0.4) is 0 Å². The van der Waals surface area contributed by atoms with Gasteiger partial charge in [-0.3, -0.25) is 0 Å². The van der Waals surface area contributed by atoms with Crippen molar-refractivity contribution in [2.75, 3.05) is 0 Å². The minimum Gasteiger partial charge on any atom is -0.330 e. The van der Waals surface area contributed by atoms with Crippen LogP contribution in [0.25, 0.3) is 0 Å². The summed E-state index contributed by atoms with van der Waals surface area (Å²) in [5.41, 5.74) is 7.06. The van der Waals surface area contributed by atoms with E-state index < -0.39 is 0 Å². The van der Waals surface area contributed by atoms with Crippen molar-refractivity contribution in [1.82, 2.24) is 9.55 Å². The van der Waals surface area contributed by atoms with Gasteiger partial charge in [0.2, 0.25) is 0 Å². The molecule has 0 radical (unpaired) electrons. The number of rotatable bonds is 4. The van der Waals surface area contributed by atoms with Gasteiger partial charge in [0.1, 0.15) is 0 Å². The number of nitrogens with zero attached hydrogens (tertiary/aromatic N) is 2. The molecule has 2 rings (SSSR count). The molecule has 3 heteroatoms. The molecule has 3 nitrogen and oxygen atoms in total. The SMILES string of the molecule is CCCC1CC1n1cncc1C(C)N. The number of imidazole rings is 1. The Bertz CT molecular complexity index is 303. The third kappa shape index (κ3) is 1.69. The summed E-state index contributed by atoms with van der Waals surface area (Å²) in [6, 6.07) is 0.777. The summed E-state index contributed by atoms with van der Waals surface area (Å²) in [6.07, 6.45) is 7.75. The van der Waals surface area contributed by atoms with E-state index in [-0.39, 0.29) is 6.04 Å². The van der Waals surface area contributed by atoms with Crippen LogP contribution in [0.15, 0.2) is 12.5 Å². The van der Waals surface area contributed by atoms with Crippen molar-refractivity contribution >= 4 is 0 Å². The summed E-state index contributed by atoms with van der Waals surface area (Å²) in [6.45, 7) is 4.26. The first-order chi connectivity index (χ1) is 6.74. The topological polar surface area (TPSA) is 43.8 Å². The largest absolute Gasteiger partial charge is 0.330 e. The smallest absolute Gasteiger partial charge is 0.0951 e. The van der Waals surface area contributed by atoms with E-state index >= 15 is 0 Å². The van der Waals surface area contributed by atoms with E-state index in [0.717, 1.165) is 5.92 Å². The van der Waals surface area contributed by atoms with Gasteiger partial charge in [-0.25, -0.2) is 4.98 Å². The van der Waals surface area contributed by atoms with Gasteiger partial charge in [-0.2, -0.15) is 0 Å². The highest BCUT2D eigenvalue weighted by atomic mass is 15.1. The van der Waals surface area contributed by atoms with Crippen molar-refractivity contribution in [1.29, 1.82) is 0 Å². The lowest BCUT2D eigenvalue weighted by Gasteiger charge is -2.10. The molecule has 1 aromatic rings. The van der Waals surface area contributed by atoms with Crippen LogP contribution in [0, 0.1) is 5.92 Å². The highest BCUT2D eigenvalue weighted by Crippen LogP contribution is 2.47. The lowest BCUT2D eigenvalue weighted by atomic mass is 10.2. The fraction of sp³-hybridized carbons (Fsp3) is 0.727. The van der Waals surface area contributed by atoms with E-state index in [1.807, 2.05) is 19.4 Å². The molecule has 1 aromatic heterocycles. The van der Waals surface area contributed by atoms with E-state index in [4.69, 9.17) is 5.73 Å². The van der Waals surface area contributed by atoms with Crippen molar-refractivity contribution in [2.45, 2.75) is 45.2 Å². The first-order valence-electron chi connectivity index (χ1n) is 5.51. The maximum absolute atomic E-state index is 5.88. The highest BCUT2D eigenvalue weighted by molar-refractivity contribution is 5.09. The van der Waals surface area contributed by atoms with E-state index in [1.165, 1.54) is 25.0 Å². The molecule has 1 aliphatic rings. The predicted molar refractivity (Wildman–Crippen MR) is 56.9 cm³/mol. The predicted octanol–water partition coefficient (Wildman–Crippen LogP) is 2.26. The summed E-state index contributed by atoms with van der Waals surface area (Å²) in [7, 11) is 0. The van der Waals surface area contributed by atoms with Gasteiger partial charge in [-0.1, -0.05) is 13.3 Å². The second-order valence-electron chi connectivity index (χ2n) is 4.37. The fourth-order valence-corrected chi connectivity index (χ4v) is 2.20. The van der Waals surface area contributed by atoms with Gasteiger partial charge in [0.05, 0.1) is 12.0 Å². The minimum atomic E-state index is 0.0976. The first kappa shape index (κ1) is 9.71. The molecule has 1 saturated carbocycles. The summed E-state index contributed by atoms with van der Waals surface area (Å²) in [5.74, 6) is 0.867. The van der Waals surface area contributed by atoms with Crippen LogP contribution in [0.1, 0.15) is 50.9 Å². The Morgan fingerprint density at radius 2 is 2.50 bits per heavy atom. The molecule has 2 N–H and O–H groups in total. The average Bonchev–Trinajstić information content (AvgIpc) is 2.74. The van der Waals surface area contributed by atoms with Crippen molar-refractivity contribution in [2.24, 2.45) is 11.7 Å². The zero-order chi connectivity index (χ0) is 10.1. The molecule has 1 aliphatic carbocycles. The second kappa shape index (κ2) is 3.73. The molecule has 0 spiro atoms. The van der Waals surface area contributed by atoms with E-state index in [2.05, 4.69) is 16.5 Å². The lowest BCUT2D eigenvalue weighted by molar-refractivity contribution is 0.574. The number of hydrogen-bond acceptors (Lipinski definition) is 2. The van der Waals surface area contributed by atoms with Gasteiger partial charge in [0.25, 0.3) is 0 Å². The zero-order valence-electron chi connectivity index (χ0n) is 8.98. The minimum absolute atomic E-state index is 0.0976. The quantitative estimate of drug-likeness (QED) is 0.797.